The second kappa shape index (κ2) is 10.5. The summed E-state index contributed by atoms with van der Waals surface area (Å²) in [5.74, 6) is -0.469. The van der Waals surface area contributed by atoms with Gasteiger partial charge in [-0.25, -0.2) is 0 Å². The highest BCUT2D eigenvalue weighted by Gasteiger charge is 2.28. The number of rotatable bonds is 7. The van der Waals surface area contributed by atoms with Crippen molar-refractivity contribution >= 4 is 23.8 Å². The van der Waals surface area contributed by atoms with Gasteiger partial charge in [0, 0.05) is 31.6 Å². The normalized spacial score (nSPS) is 16.1. The van der Waals surface area contributed by atoms with Crippen molar-refractivity contribution in [2.45, 2.75) is 39.2 Å². The molecule has 1 atom stereocenters. The molecule has 1 aromatic rings. The number of hydrogen-bond donors (Lipinski definition) is 2. The number of nitrogens with zero attached hydrogens (tertiary/aromatic N) is 1. The summed E-state index contributed by atoms with van der Waals surface area (Å²) in [5, 5.41) is 5.56. The van der Waals surface area contributed by atoms with E-state index >= 15 is 0 Å². The van der Waals surface area contributed by atoms with Crippen LogP contribution < -0.4 is 10.6 Å². The van der Waals surface area contributed by atoms with Crippen LogP contribution in [-0.2, 0) is 14.4 Å². The van der Waals surface area contributed by atoms with Gasteiger partial charge in [-0.3, -0.25) is 14.4 Å². The largest absolute Gasteiger partial charge is 0.354 e. The van der Waals surface area contributed by atoms with E-state index in [9.17, 15) is 14.4 Å². The molecule has 0 aromatic heterocycles. The van der Waals surface area contributed by atoms with E-state index in [-0.39, 0.29) is 23.6 Å². The summed E-state index contributed by atoms with van der Waals surface area (Å²) in [6, 6.07) is 9.13. The van der Waals surface area contributed by atoms with Gasteiger partial charge in [-0.2, -0.15) is 0 Å². The quantitative estimate of drug-likeness (QED) is 0.719. The maximum absolute atomic E-state index is 12.4. The first-order chi connectivity index (χ1) is 13.0. The molecule has 1 saturated heterocycles. The predicted octanol–water partition coefficient (Wildman–Crippen LogP) is 1.97. The molecule has 0 aliphatic carbocycles. The fourth-order valence-corrected chi connectivity index (χ4v) is 3.00. The van der Waals surface area contributed by atoms with E-state index in [0.29, 0.717) is 32.5 Å². The van der Waals surface area contributed by atoms with E-state index in [4.69, 9.17) is 0 Å². The number of benzene rings is 1. The van der Waals surface area contributed by atoms with E-state index in [1.54, 1.807) is 24.0 Å². The maximum atomic E-state index is 12.4. The van der Waals surface area contributed by atoms with Gasteiger partial charge in [0.15, 0.2) is 0 Å². The average molecular weight is 371 g/mol. The number of amides is 3. The SMILES string of the molecule is CCCNC(=O)C(C)NC(=O)C1CCN(C(=O)/C=C/c2ccccc2)CC1. The molecule has 6 nitrogen and oxygen atoms in total. The van der Waals surface area contributed by atoms with E-state index in [1.807, 2.05) is 37.3 Å². The van der Waals surface area contributed by atoms with Crippen LogP contribution in [0.1, 0.15) is 38.7 Å². The summed E-state index contributed by atoms with van der Waals surface area (Å²) in [5.41, 5.74) is 0.982. The molecule has 1 unspecified atom stereocenters. The Morgan fingerprint density at radius 1 is 1.19 bits per heavy atom. The van der Waals surface area contributed by atoms with Crippen LogP contribution in [0.15, 0.2) is 36.4 Å². The minimum Gasteiger partial charge on any atom is -0.354 e. The molecule has 1 aliphatic heterocycles. The molecule has 0 bridgehead atoms. The van der Waals surface area contributed by atoms with Crippen LogP contribution in [0.5, 0.6) is 0 Å². The molecule has 1 aliphatic rings. The number of carbonyl (C=O) groups is 3. The first kappa shape index (κ1) is 20.7. The lowest BCUT2D eigenvalue weighted by Crippen LogP contribution is -2.49. The average Bonchev–Trinajstić information content (AvgIpc) is 2.70. The standard InChI is InChI=1S/C21H29N3O3/c1-3-13-22-20(26)16(2)23-21(27)18-11-14-24(15-12-18)19(25)10-9-17-7-5-4-6-8-17/h4-10,16,18H,3,11-15H2,1-2H3,(H,22,26)(H,23,27)/b10-9+. The van der Waals surface area contributed by atoms with E-state index in [0.717, 1.165) is 12.0 Å². The molecule has 2 N–H and O–H groups in total. The highest BCUT2D eigenvalue weighted by atomic mass is 16.2. The highest BCUT2D eigenvalue weighted by molar-refractivity contribution is 5.92. The molecule has 27 heavy (non-hydrogen) atoms. The third kappa shape index (κ3) is 6.55. The minimum absolute atomic E-state index is 0.0370. The molecule has 0 radical (unpaired) electrons. The first-order valence-corrected chi connectivity index (χ1v) is 9.61. The topological polar surface area (TPSA) is 78.5 Å². The van der Waals surface area contributed by atoms with Crippen LogP contribution in [0.2, 0.25) is 0 Å². The summed E-state index contributed by atoms with van der Waals surface area (Å²) in [7, 11) is 0. The van der Waals surface area contributed by atoms with Crippen molar-refractivity contribution in [3.05, 3.63) is 42.0 Å². The zero-order valence-corrected chi connectivity index (χ0v) is 16.1. The lowest BCUT2D eigenvalue weighted by molar-refractivity contribution is -0.134. The van der Waals surface area contributed by atoms with Crippen LogP contribution in [0.3, 0.4) is 0 Å². The Hall–Kier alpha value is -2.63. The fraction of sp³-hybridized carbons (Fsp3) is 0.476. The lowest BCUT2D eigenvalue weighted by atomic mass is 9.95. The van der Waals surface area contributed by atoms with Gasteiger partial charge in [-0.1, -0.05) is 37.3 Å². The number of carbonyl (C=O) groups excluding carboxylic acids is 3. The van der Waals surface area contributed by atoms with Crippen molar-refractivity contribution in [3.63, 3.8) is 0 Å². The van der Waals surface area contributed by atoms with Crippen LogP contribution in [0.4, 0.5) is 0 Å². The van der Waals surface area contributed by atoms with Gasteiger partial charge >= 0.3 is 0 Å². The second-order valence-corrected chi connectivity index (χ2v) is 6.86. The van der Waals surface area contributed by atoms with Crippen molar-refractivity contribution < 1.29 is 14.4 Å². The van der Waals surface area contributed by atoms with Gasteiger partial charge in [-0.05, 0) is 37.8 Å². The van der Waals surface area contributed by atoms with Crippen LogP contribution in [0.25, 0.3) is 6.08 Å². The van der Waals surface area contributed by atoms with Crippen molar-refractivity contribution in [2.75, 3.05) is 19.6 Å². The molecule has 1 heterocycles. The Morgan fingerprint density at radius 2 is 1.85 bits per heavy atom. The van der Waals surface area contributed by atoms with Gasteiger partial charge in [-0.15, -0.1) is 0 Å². The summed E-state index contributed by atoms with van der Waals surface area (Å²) >= 11 is 0. The second-order valence-electron chi connectivity index (χ2n) is 6.86. The Labute approximate surface area is 161 Å². The highest BCUT2D eigenvalue weighted by Crippen LogP contribution is 2.18. The fourth-order valence-electron chi connectivity index (χ4n) is 3.00. The Balaban J connectivity index is 1.77. The maximum Gasteiger partial charge on any atom is 0.246 e. The van der Waals surface area contributed by atoms with Gasteiger partial charge in [0.25, 0.3) is 0 Å². The van der Waals surface area contributed by atoms with E-state index in [2.05, 4.69) is 10.6 Å². The number of hydrogen-bond acceptors (Lipinski definition) is 3. The molecule has 146 valence electrons. The molecule has 0 saturated carbocycles. The molecule has 1 aromatic carbocycles. The van der Waals surface area contributed by atoms with Crippen LogP contribution >= 0.6 is 0 Å². The summed E-state index contributed by atoms with van der Waals surface area (Å²) in [4.78, 5) is 38.3. The third-order valence-electron chi connectivity index (χ3n) is 4.70. The molecule has 6 heteroatoms. The minimum atomic E-state index is -0.544. The monoisotopic (exact) mass is 371 g/mol. The molecule has 3 amide bonds. The van der Waals surface area contributed by atoms with Gasteiger partial charge in [0.05, 0.1) is 0 Å². The van der Waals surface area contributed by atoms with Crippen LogP contribution in [-0.4, -0.2) is 48.3 Å². The lowest BCUT2D eigenvalue weighted by Gasteiger charge is -2.31. The third-order valence-corrected chi connectivity index (χ3v) is 4.70. The zero-order valence-electron chi connectivity index (χ0n) is 16.1. The number of likely N-dealkylation sites (tertiary alicyclic amines) is 1. The first-order valence-electron chi connectivity index (χ1n) is 9.61. The van der Waals surface area contributed by atoms with E-state index in [1.165, 1.54) is 0 Å². The molecule has 1 fully saturated rings. The van der Waals surface area contributed by atoms with Gasteiger partial charge < -0.3 is 15.5 Å². The predicted molar refractivity (Wildman–Crippen MR) is 106 cm³/mol. The van der Waals surface area contributed by atoms with Gasteiger partial charge in [0.1, 0.15) is 6.04 Å². The van der Waals surface area contributed by atoms with E-state index < -0.39 is 6.04 Å². The van der Waals surface area contributed by atoms with Crippen molar-refractivity contribution in [3.8, 4) is 0 Å². The smallest absolute Gasteiger partial charge is 0.246 e. The van der Waals surface area contributed by atoms with Gasteiger partial charge in [0.2, 0.25) is 17.7 Å². The molecule has 0 spiro atoms. The molecule has 2 rings (SSSR count). The molecular formula is C21H29N3O3. The van der Waals surface area contributed by atoms with Crippen molar-refractivity contribution in [1.29, 1.82) is 0 Å². The number of nitrogens with one attached hydrogen (secondary N) is 2. The van der Waals surface area contributed by atoms with Crippen molar-refractivity contribution in [2.24, 2.45) is 5.92 Å². The number of piperidine rings is 1. The Bertz CT molecular complexity index is 665. The Kier molecular flexibility index (Phi) is 8.04. The zero-order chi connectivity index (χ0) is 19.6. The Morgan fingerprint density at radius 3 is 2.48 bits per heavy atom. The van der Waals surface area contributed by atoms with Crippen LogP contribution in [0, 0.1) is 5.92 Å². The van der Waals surface area contributed by atoms with Crippen molar-refractivity contribution in [1.82, 2.24) is 15.5 Å². The molecular weight excluding hydrogens is 342 g/mol. The summed E-state index contributed by atoms with van der Waals surface area (Å²) in [6.07, 6.45) is 5.46. The summed E-state index contributed by atoms with van der Waals surface area (Å²) in [6.45, 7) is 5.37. The summed E-state index contributed by atoms with van der Waals surface area (Å²) < 4.78 is 0.